The molecule has 1 aliphatic carbocycles. The standard InChI is InChI=1S/C27H24FN3O3S/c1-35(32,33)34-15-14-18-10-12-20(13-11-18)30-27-29-17-19-16-24(22-7-4-5-9-25(22)28)21-6-2-3-8-23(21)26(19)31-27/h2-13,17,24H,14-16H2,1H3,(H,29,30,31)/t24-/m1/s1. The second-order valence-corrected chi connectivity index (χ2v) is 10.2. The maximum Gasteiger partial charge on any atom is 0.264 e. The van der Waals surface area contributed by atoms with Gasteiger partial charge in [-0.05, 0) is 53.3 Å². The van der Waals surface area contributed by atoms with Crippen molar-refractivity contribution in [2.45, 2.75) is 18.8 Å². The first-order valence-corrected chi connectivity index (χ1v) is 13.1. The van der Waals surface area contributed by atoms with Crippen molar-refractivity contribution in [1.29, 1.82) is 0 Å². The van der Waals surface area contributed by atoms with Gasteiger partial charge < -0.3 is 5.32 Å². The number of hydrogen-bond donors (Lipinski definition) is 1. The van der Waals surface area contributed by atoms with Gasteiger partial charge in [-0.2, -0.15) is 8.42 Å². The van der Waals surface area contributed by atoms with Crippen LogP contribution >= 0.6 is 0 Å². The van der Waals surface area contributed by atoms with Crippen molar-refractivity contribution < 1.29 is 17.0 Å². The minimum Gasteiger partial charge on any atom is -0.324 e. The van der Waals surface area contributed by atoms with E-state index in [9.17, 15) is 12.8 Å². The molecule has 6 nitrogen and oxygen atoms in total. The van der Waals surface area contributed by atoms with E-state index in [1.54, 1.807) is 6.07 Å². The van der Waals surface area contributed by atoms with Crippen molar-refractivity contribution in [2.24, 2.45) is 0 Å². The monoisotopic (exact) mass is 489 g/mol. The van der Waals surface area contributed by atoms with Crippen molar-refractivity contribution in [3.05, 3.63) is 107 Å². The molecule has 1 aliphatic rings. The molecule has 35 heavy (non-hydrogen) atoms. The second kappa shape index (κ2) is 9.56. The summed E-state index contributed by atoms with van der Waals surface area (Å²) in [4.78, 5) is 9.30. The maximum absolute atomic E-state index is 14.6. The van der Waals surface area contributed by atoms with Crippen molar-refractivity contribution in [2.75, 3.05) is 18.2 Å². The van der Waals surface area contributed by atoms with Crippen LogP contribution in [0.15, 0.2) is 79.0 Å². The molecule has 0 fully saturated rings. The molecule has 8 heteroatoms. The molecule has 4 aromatic rings. The summed E-state index contributed by atoms with van der Waals surface area (Å²) >= 11 is 0. The Bertz CT molecular complexity index is 1470. The molecule has 1 N–H and O–H groups in total. The van der Waals surface area contributed by atoms with Gasteiger partial charge in [-0.3, -0.25) is 4.18 Å². The summed E-state index contributed by atoms with van der Waals surface area (Å²) in [6.45, 7) is 0.104. The fourth-order valence-corrected chi connectivity index (χ4v) is 4.81. The van der Waals surface area contributed by atoms with E-state index < -0.39 is 10.1 Å². The minimum atomic E-state index is -3.44. The van der Waals surface area contributed by atoms with Crippen LogP contribution in [-0.2, 0) is 27.1 Å². The lowest BCUT2D eigenvalue weighted by molar-refractivity contribution is 0.326. The first kappa shape index (κ1) is 23.1. The summed E-state index contributed by atoms with van der Waals surface area (Å²) in [6, 6.07) is 22.5. The van der Waals surface area contributed by atoms with E-state index in [1.807, 2.05) is 66.9 Å². The Kier molecular flexibility index (Phi) is 6.32. The Hall–Kier alpha value is -3.62. The lowest BCUT2D eigenvalue weighted by atomic mass is 9.78. The van der Waals surface area contributed by atoms with Crippen LogP contribution in [0.1, 0.15) is 28.2 Å². The molecule has 0 amide bonds. The molecule has 0 aliphatic heterocycles. The van der Waals surface area contributed by atoms with Crippen LogP contribution in [0.4, 0.5) is 16.0 Å². The third-order valence-electron chi connectivity index (χ3n) is 6.06. The highest BCUT2D eigenvalue weighted by atomic mass is 32.2. The van der Waals surface area contributed by atoms with Gasteiger partial charge in [0.25, 0.3) is 10.1 Å². The Morgan fingerprint density at radius 2 is 1.71 bits per heavy atom. The predicted octanol–water partition coefficient (Wildman–Crippen LogP) is 5.23. The van der Waals surface area contributed by atoms with Gasteiger partial charge in [-0.1, -0.05) is 54.6 Å². The number of anilines is 2. The zero-order valence-corrected chi connectivity index (χ0v) is 19.9. The van der Waals surface area contributed by atoms with Gasteiger partial charge >= 0.3 is 0 Å². The molecule has 0 saturated carbocycles. The molecule has 3 aromatic carbocycles. The van der Waals surface area contributed by atoms with Gasteiger partial charge in [0.05, 0.1) is 18.6 Å². The van der Waals surface area contributed by atoms with Crippen LogP contribution < -0.4 is 5.32 Å². The van der Waals surface area contributed by atoms with Gasteiger partial charge in [0.15, 0.2) is 0 Å². The SMILES string of the molecule is CS(=O)(=O)OCCc1ccc(Nc2ncc3c(n2)-c2ccccc2[C@H](c2ccccc2F)C3)cc1. The van der Waals surface area contributed by atoms with E-state index in [0.717, 1.165) is 39.9 Å². The van der Waals surface area contributed by atoms with Crippen LogP contribution in [0.3, 0.4) is 0 Å². The van der Waals surface area contributed by atoms with E-state index >= 15 is 0 Å². The van der Waals surface area contributed by atoms with E-state index in [0.29, 0.717) is 24.4 Å². The van der Waals surface area contributed by atoms with Gasteiger partial charge in [0, 0.05) is 23.4 Å². The van der Waals surface area contributed by atoms with Crippen molar-refractivity contribution >= 4 is 21.8 Å². The van der Waals surface area contributed by atoms with E-state index in [4.69, 9.17) is 9.17 Å². The normalized spacial score (nSPS) is 14.7. The molecule has 0 spiro atoms. The summed E-state index contributed by atoms with van der Waals surface area (Å²) in [6.07, 6.45) is 3.96. The van der Waals surface area contributed by atoms with Gasteiger partial charge in [0.1, 0.15) is 5.82 Å². The largest absolute Gasteiger partial charge is 0.324 e. The third kappa shape index (κ3) is 5.23. The maximum atomic E-state index is 14.6. The number of halogens is 1. The molecule has 0 saturated heterocycles. The number of fused-ring (bicyclic) bond motifs is 3. The van der Waals surface area contributed by atoms with Gasteiger partial charge in [-0.25, -0.2) is 14.4 Å². The average molecular weight is 490 g/mol. The summed E-state index contributed by atoms with van der Waals surface area (Å²) in [7, 11) is -3.44. The molecule has 0 unspecified atom stereocenters. The Balaban J connectivity index is 1.37. The number of benzene rings is 3. The first-order valence-electron chi connectivity index (χ1n) is 11.3. The van der Waals surface area contributed by atoms with Crippen molar-refractivity contribution in [3.63, 3.8) is 0 Å². The zero-order chi connectivity index (χ0) is 24.4. The smallest absolute Gasteiger partial charge is 0.264 e. The van der Waals surface area contributed by atoms with Crippen molar-refractivity contribution in [1.82, 2.24) is 9.97 Å². The molecule has 0 bridgehead atoms. The topological polar surface area (TPSA) is 81.2 Å². The zero-order valence-electron chi connectivity index (χ0n) is 19.1. The van der Waals surface area contributed by atoms with Crippen molar-refractivity contribution in [3.8, 4) is 11.3 Å². The molecule has 1 heterocycles. The van der Waals surface area contributed by atoms with Crippen LogP contribution in [0.25, 0.3) is 11.3 Å². The lowest BCUT2D eigenvalue weighted by Gasteiger charge is -2.27. The Labute approximate surface area is 204 Å². The molecule has 1 aromatic heterocycles. The van der Waals surface area contributed by atoms with Crippen LogP contribution in [0.2, 0.25) is 0 Å². The summed E-state index contributed by atoms with van der Waals surface area (Å²) in [5, 5.41) is 3.24. The summed E-state index contributed by atoms with van der Waals surface area (Å²) < 4.78 is 41.6. The van der Waals surface area contributed by atoms with E-state index in [1.165, 1.54) is 6.07 Å². The quantitative estimate of drug-likeness (QED) is 0.358. The molecule has 1 atom stereocenters. The average Bonchev–Trinajstić information content (AvgIpc) is 2.84. The number of nitrogens with zero attached hydrogens (tertiary/aromatic N) is 2. The lowest BCUT2D eigenvalue weighted by Crippen LogP contribution is -2.16. The fourth-order valence-electron chi connectivity index (χ4n) is 4.43. The first-order chi connectivity index (χ1) is 16.9. The summed E-state index contributed by atoms with van der Waals surface area (Å²) in [5.74, 6) is 0.166. The molecular weight excluding hydrogens is 465 g/mol. The van der Waals surface area contributed by atoms with Crippen LogP contribution in [0.5, 0.6) is 0 Å². The number of aromatic nitrogens is 2. The van der Waals surface area contributed by atoms with Crippen LogP contribution in [0, 0.1) is 5.82 Å². The Morgan fingerprint density at radius 3 is 2.46 bits per heavy atom. The fraction of sp³-hybridized carbons (Fsp3) is 0.185. The number of hydrogen-bond acceptors (Lipinski definition) is 6. The molecular formula is C27H24FN3O3S. The summed E-state index contributed by atoms with van der Waals surface area (Å²) in [5.41, 5.74) is 6.30. The van der Waals surface area contributed by atoms with E-state index in [-0.39, 0.29) is 18.3 Å². The highest BCUT2D eigenvalue weighted by Gasteiger charge is 2.28. The number of rotatable bonds is 7. The Morgan fingerprint density at radius 1 is 1.00 bits per heavy atom. The second-order valence-electron chi connectivity index (χ2n) is 8.53. The van der Waals surface area contributed by atoms with Crippen LogP contribution in [-0.4, -0.2) is 31.2 Å². The minimum absolute atomic E-state index is 0.0958. The van der Waals surface area contributed by atoms with Gasteiger partial charge in [-0.15, -0.1) is 0 Å². The number of nitrogens with one attached hydrogen (secondary N) is 1. The highest BCUT2D eigenvalue weighted by molar-refractivity contribution is 7.85. The predicted molar refractivity (Wildman–Crippen MR) is 134 cm³/mol. The van der Waals surface area contributed by atoms with E-state index in [2.05, 4.69) is 10.3 Å². The molecule has 0 radical (unpaired) electrons. The highest BCUT2D eigenvalue weighted by Crippen LogP contribution is 2.42. The molecule has 5 rings (SSSR count). The third-order valence-corrected chi connectivity index (χ3v) is 6.65. The molecule has 178 valence electrons. The van der Waals surface area contributed by atoms with Gasteiger partial charge in [0.2, 0.25) is 5.95 Å².